The molecule has 0 bridgehead atoms. The van der Waals surface area contributed by atoms with Gasteiger partial charge in [0.05, 0.1) is 25.9 Å². The first-order valence-electron chi connectivity index (χ1n) is 7.05. The molecule has 0 aromatic heterocycles. The number of ether oxygens (including phenoxy) is 3. The molecule has 1 unspecified atom stereocenters. The zero-order chi connectivity index (χ0) is 15.7. The van der Waals surface area contributed by atoms with Crippen LogP contribution in [-0.4, -0.2) is 45.4 Å². The summed E-state index contributed by atoms with van der Waals surface area (Å²) in [6, 6.07) is 4.88. The lowest BCUT2D eigenvalue weighted by Gasteiger charge is -2.17. The fourth-order valence-electron chi connectivity index (χ4n) is 1.83. The molecule has 3 N–H and O–H groups in total. The van der Waals surface area contributed by atoms with E-state index in [1.807, 2.05) is 13.8 Å². The van der Waals surface area contributed by atoms with Crippen molar-refractivity contribution in [2.75, 3.05) is 33.5 Å². The molecule has 0 fully saturated rings. The molecular formula is C15H24N2O4. The second-order valence-corrected chi connectivity index (χ2v) is 4.39. The van der Waals surface area contributed by atoms with E-state index < -0.39 is 0 Å². The Labute approximate surface area is 125 Å². The summed E-state index contributed by atoms with van der Waals surface area (Å²) in [6.07, 6.45) is 0. The Morgan fingerprint density at radius 2 is 1.90 bits per heavy atom. The van der Waals surface area contributed by atoms with E-state index in [-0.39, 0.29) is 11.9 Å². The average Bonchev–Trinajstić information content (AvgIpc) is 2.48. The number of carbonyl (C=O) groups is 1. The Bertz CT molecular complexity index is 451. The van der Waals surface area contributed by atoms with Gasteiger partial charge >= 0.3 is 0 Å². The maximum atomic E-state index is 12.2. The van der Waals surface area contributed by atoms with Gasteiger partial charge in [0, 0.05) is 19.2 Å². The van der Waals surface area contributed by atoms with E-state index in [4.69, 9.17) is 19.9 Å². The summed E-state index contributed by atoms with van der Waals surface area (Å²) in [5.41, 5.74) is 6.08. The first-order valence-corrected chi connectivity index (χ1v) is 7.05. The lowest BCUT2D eigenvalue weighted by Crippen LogP contribution is -2.43. The zero-order valence-corrected chi connectivity index (χ0v) is 12.8. The van der Waals surface area contributed by atoms with E-state index in [0.717, 1.165) is 0 Å². The fraction of sp³-hybridized carbons (Fsp3) is 0.533. The third-order valence-electron chi connectivity index (χ3n) is 2.79. The highest BCUT2D eigenvalue weighted by Crippen LogP contribution is 2.28. The second kappa shape index (κ2) is 9.20. The van der Waals surface area contributed by atoms with Crippen molar-refractivity contribution in [1.29, 1.82) is 0 Å². The van der Waals surface area contributed by atoms with Crippen molar-refractivity contribution in [3.8, 4) is 11.5 Å². The van der Waals surface area contributed by atoms with Crippen LogP contribution in [0.5, 0.6) is 11.5 Å². The summed E-state index contributed by atoms with van der Waals surface area (Å²) in [5.74, 6) is 0.970. The molecule has 0 saturated carbocycles. The van der Waals surface area contributed by atoms with E-state index in [1.54, 1.807) is 25.3 Å². The molecule has 0 aliphatic heterocycles. The summed E-state index contributed by atoms with van der Waals surface area (Å²) in [6.45, 7) is 5.50. The Morgan fingerprint density at radius 3 is 2.48 bits per heavy atom. The minimum atomic E-state index is -0.218. The minimum Gasteiger partial charge on any atom is -0.490 e. The molecule has 0 aliphatic rings. The van der Waals surface area contributed by atoms with Crippen LogP contribution in [0.25, 0.3) is 0 Å². The fourth-order valence-corrected chi connectivity index (χ4v) is 1.83. The Hall–Kier alpha value is -1.79. The van der Waals surface area contributed by atoms with Gasteiger partial charge < -0.3 is 25.3 Å². The number of hydrogen-bond donors (Lipinski definition) is 2. The second-order valence-electron chi connectivity index (χ2n) is 4.39. The van der Waals surface area contributed by atoms with Crippen molar-refractivity contribution in [2.24, 2.45) is 5.73 Å². The molecule has 0 aliphatic carbocycles. The van der Waals surface area contributed by atoms with Crippen LogP contribution in [0.2, 0.25) is 0 Å². The van der Waals surface area contributed by atoms with Crippen LogP contribution in [0, 0.1) is 0 Å². The average molecular weight is 296 g/mol. The predicted octanol–water partition coefficient (Wildman–Crippen LogP) is 1.19. The lowest BCUT2D eigenvalue weighted by molar-refractivity contribution is 0.0900. The third-order valence-corrected chi connectivity index (χ3v) is 2.79. The number of hydrogen-bond acceptors (Lipinski definition) is 5. The molecule has 1 rings (SSSR count). The molecule has 0 radical (unpaired) electrons. The van der Waals surface area contributed by atoms with E-state index in [0.29, 0.717) is 43.4 Å². The van der Waals surface area contributed by atoms with Gasteiger partial charge in [0.25, 0.3) is 5.91 Å². The van der Waals surface area contributed by atoms with E-state index in [2.05, 4.69) is 5.32 Å². The van der Waals surface area contributed by atoms with Gasteiger partial charge in [0.2, 0.25) is 0 Å². The molecular weight excluding hydrogens is 272 g/mol. The first kappa shape index (κ1) is 17.3. The van der Waals surface area contributed by atoms with Gasteiger partial charge in [0.1, 0.15) is 0 Å². The Morgan fingerprint density at radius 1 is 1.24 bits per heavy atom. The number of nitrogens with two attached hydrogens (primary N) is 1. The van der Waals surface area contributed by atoms with Crippen molar-refractivity contribution >= 4 is 5.91 Å². The van der Waals surface area contributed by atoms with Crippen LogP contribution < -0.4 is 20.5 Å². The molecule has 6 nitrogen and oxygen atoms in total. The molecule has 6 heteroatoms. The van der Waals surface area contributed by atoms with Gasteiger partial charge in [0.15, 0.2) is 11.5 Å². The Kier molecular flexibility index (Phi) is 7.56. The molecule has 1 amide bonds. The van der Waals surface area contributed by atoms with E-state index >= 15 is 0 Å². The van der Waals surface area contributed by atoms with Gasteiger partial charge in [-0.25, -0.2) is 0 Å². The number of nitrogens with one attached hydrogen (secondary N) is 1. The maximum absolute atomic E-state index is 12.2. The summed E-state index contributed by atoms with van der Waals surface area (Å²) >= 11 is 0. The number of benzene rings is 1. The smallest absolute Gasteiger partial charge is 0.251 e. The topological polar surface area (TPSA) is 82.8 Å². The Balaban J connectivity index is 2.86. The van der Waals surface area contributed by atoms with Crippen LogP contribution >= 0.6 is 0 Å². The first-order chi connectivity index (χ1) is 10.2. The van der Waals surface area contributed by atoms with Gasteiger partial charge in [-0.2, -0.15) is 0 Å². The number of amides is 1. The van der Waals surface area contributed by atoms with Crippen molar-refractivity contribution in [2.45, 2.75) is 19.9 Å². The van der Waals surface area contributed by atoms with Crippen LogP contribution in [-0.2, 0) is 4.74 Å². The van der Waals surface area contributed by atoms with Gasteiger partial charge in [-0.3, -0.25) is 4.79 Å². The van der Waals surface area contributed by atoms with Crippen LogP contribution in [0.1, 0.15) is 24.2 Å². The largest absolute Gasteiger partial charge is 0.490 e. The highest BCUT2D eigenvalue weighted by atomic mass is 16.5. The van der Waals surface area contributed by atoms with Gasteiger partial charge in [-0.05, 0) is 32.0 Å². The predicted molar refractivity (Wildman–Crippen MR) is 81.0 cm³/mol. The third kappa shape index (κ3) is 5.24. The molecule has 21 heavy (non-hydrogen) atoms. The van der Waals surface area contributed by atoms with Crippen LogP contribution in [0.3, 0.4) is 0 Å². The van der Waals surface area contributed by atoms with Crippen molar-refractivity contribution in [3.05, 3.63) is 23.8 Å². The molecule has 0 heterocycles. The molecule has 1 aromatic rings. The van der Waals surface area contributed by atoms with E-state index in [9.17, 15) is 4.79 Å². The standard InChI is InChI=1S/C15H24N2O4/c1-4-20-13-7-6-11(8-14(13)21-5-2)15(18)17-12(9-16)10-19-3/h6-8,12H,4-5,9-10,16H2,1-3H3,(H,17,18). The van der Waals surface area contributed by atoms with Crippen molar-refractivity contribution in [3.63, 3.8) is 0 Å². The van der Waals surface area contributed by atoms with Gasteiger partial charge in [-0.15, -0.1) is 0 Å². The molecule has 0 spiro atoms. The summed E-state index contributed by atoms with van der Waals surface area (Å²) in [4.78, 5) is 12.2. The highest BCUT2D eigenvalue weighted by Gasteiger charge is 2.15. The van der Waals surface area contributed by atoms with E-state index in [1.165, 1.54) is 0 Å². The lowest BCUT2D eigenvalue weighted by atomic mass is 10.1. The highest BCUT2D eigenvalue weighted by molar-refractivity contribution is 5.95. The summed E-state index contributed by atoms with van der Waals surface area (Å²) in [7, 11) is 1.57. The molecule has 118 valence electrons. The normalized spacial score (nSPS) is 11.8. The molecule has 1 atom stereocenters. The quantitative estimate of drug-likeness (QED) is 0.715. The van der Waals surface area contributed by atoms with Crippen LogP contribution in [0.15, 0.2) is 18.2 Å². The number of rotatable bonds is 9. The SMILES string of the molecule is CCOc1ccc(C(=O)NC(CN)COC)cc1OCC. The number of carbonyl (C=O) groups excluding carboxylic acids is 1. The molecule has 0 saturated heterocycles. The van der Waals surface area contributed by atoms with Crippen molar-refractivity contribution < 1.29 is 19.0 Å². The van der Waals surface area contributed by atoms with Crippen LogP contribution in [0.4, 0.5) is 0 Å². The molecule has 1 aromatic carbocycles. The monoisotopic (exact) mass is 296 g/mol. The minimum absolute atomic E-state index is 0.216. The zero-order valence-electron chi connectivity index (χ0n) is 12.8. The van der Waals surface area contributed by atoms with Crippen molar-refractivity contribution in [1.82, 2.24) is 5.32 Å². The maximum Gasteiger partial charge on any atom is 0.251 e. The van der Waals surface area contributed by atoms with Gasteiger partial charge in [-0.1, -0.05) is 0 Å². The number of methoxy groups -OCH3 is 1. The summed E-state index contributed by atoms with van der Waals surface area (Å²) in [5, 5.41) is 2.82. The summed E-state index contributed by atoms with van der Waals surface area (Å²) < 4.78 is 16.0.